The maximum absolute atomic E-state index is 11.9. The fourth-order valence-corrected chi connectivity index (χ4v) is 2.46. The standard InChI is InChI=1S/C15H19N3OS/c1-11-3-5-13(6-4-11)15(19)18-8-7-17-12(2)14-9-16-10-20-14/h3-6,9-10,12,17H,7-8H2,1-2H3,(H,18,19). The van der Waals surface area contributed by atoms with Gasteiger partial charge < -0.3 is 10.6 Å². The van der Waals surface area contributed by atoms with E-state index >= 15 is 0 Å². The first-order chi connectivity index (χ1) is 9.66. The van der Waals surface area contributed by atoms with Gasteiger partial charge in [0.1, 0.15) is 0 Å². The number of carbonyl (C=O) groups is 1. The minimum Gasteiger partial charge on any atom is -0.351 e. The van der Waals surface area contributed by atoms with Gasteiger partial charge in [0.15, 0.2) is 0 Å². The van der Waals surface area contributed by atoms with E-state index in [0.717, 1.165) is 12.1 Å². The number of hydrogen-bond acceptors (Lipinski definition) is 4. The maximum atomic E-state index is 11.9. The molecule has 1 aromatic carbocycles. The van der Waals surface area contributed by atoms with Gasteiger partial charge in [0, 0.05) is 35.8 Å². The van der Waals surface area contributed by atoms with E-state index in [0.29, 0.717) is 12.1 Å². The van der Waals surface area contributed by atoms with Crippen LogP contribution in [0, 0.1) is 6.92 Å². The smallest absolute Gasteiger partial charge is 0.251 e. The molecule has 0 spiro atoms. The van der Waals surface area contributed by atoms with Gasteiger partial charge in [0.2, 0.25) is 0 Å². The molecule has 5 heteroatoms. The lowest BCUT2D eigenvalue weighted by Gasteiger charge is -2.12. The molecule has 0 aliphatic carbocycles. The van der Waals surface area contributed by atoms with Crippen LogP contribution < -0.4 is 10.6 Å². The molecule has 1 amide bonds. The third kappa shape index (κ3) is 4.15. The normalized spacial score (nSPS) is 12.1. The van der Waals surface area contributed by atoms with Crippen LogP contribution in [-0.2, 0) is 0 Å². The number of amides is 1. The summed E-state index contributed by atoms with van der Waals surface area (Å²) in [5, 5.41) is 6.26. The summed E-state index contributed by atoms with van der Waals surface area (Å²) < 4.78 is 0. The van der Waals surface area contributed by atoms with Crippen molar-refractivity contribution in [3.8, 4) is 0 Å². The van der Waals surface area contributed by atoms with Gasteiger partial charge >= 0.3 is 0 Å². The Bertz CT molecular complexity index is 537. The molecular formula is C15H19N3OS. The Hall–Kier alpha value is -1.72. The molecule has 0 saturated carbocycles. The van der Waals surface area contributed by atoms with E-state index in [2.05, 4.69) is 22.5 Å². The molecule has 2 N–H and O–H groups in total. The molecule has 106 valence electrons. The number of nitrogens with zero attached hydrogens (tertiary/aromatic N) is 1. The van der Waals surface area contributed by atoms with Gasteiger partial charge in [-0.15, -0.1) is 11.3 Å². The molecule has 4 nitrogen and oxygen atoms in total. The molecule has 1 unspecified atom stereocenters. The minimum atomic E-state index is -0.0303. The maximum Gasteiger partial charge on any atom is 0.251 e. The fourth-order valence-electron chi connectivity index (χ4n) is 1.81. The van der Waals surface area contributed by atoms with Crippen LogP contribution in [-0.4, -0.2) is 24.0 Å². The molecule has 0 aliphatic rings. The third-order valence-corrected chi connectivity index (χ3v) is 4.01. The third-order valence-electron chi connectivity index (χ3n) is 3.05. The highest BCUT2D eigenvalue weighted by atomic mass is 32.1. The van der Waals surface area contributed by atoms with Gasteiger partial charge in [-0.25, -0.2) is 0 Å². The summed E-state index contributed by atoms with van der Waals surface area (Å²) in [4.78, 5) is 17.1. The number of nitrogens with one attached hydrogen (secondary N) is 2. The summed E-state index contributed by atoms with van der Waals surface area (Å²) in [6, 6.07) is 7.84. The van der Waals surface area contributed by atoms with Crippen LogP contribution in [0.3, 0.4) is 0 Å². The Morgan fingerprint density at radius 3 is 2.70 bits per heavy atom. The summed E-state index contributed by atoms with van der Waals surface area (Å²) in [7, 11) is 0. The molecule has 1 heterocycles. The van der Waals surface area contributed by atoms with Crippen LogP contribution in [0.4, 0.5) is 0 Å². The Morgan fingerprint density at radius 1 is 1.30 bits per heavy atom. The monoisotopic (exact) mass is 289 g/mol. The number of benzene rings is 1. The van der Waals surface area contributed by atoms with Crippen molar-refractivity contribution in [1.82, 2.24) is 15.6 Å². The van der Waals surface area contributed by atoms with Gasteiger partial charge in [-0.2, -0.15) is 0 Å². The quantitative estimate of drug-likeness (QED) is 0.804. The molecule has 1 aromatic heterocycles. The summed E-state index contributed by atoms with van der Waals surface area (Å²) >= 11 is 1.63. The highest BCUT2D eigenvalue weighted by Crippen LogP contribution is 2.15. The van der Waals surface area contributed by atoms with Crippen LogP contribution in [0.1, 0.15) is 33.8 Å². The number of rotatable bonds is 6. The first-order valence-corrected chi connectivity index (χ1v) is 7.51. The number of aromatic nitrogens is 1. The summed E-state index contributed by atoms with van der Waals surface area (Å²) in [6.07, 6.45) is 1.87. The summed E-state index contributed by atoms with van der Waals surface area (Å²) in [6.45, 7) is 5.44. The molecular weight excluding hydrogens is 270 g/mol. The van der Waals surface area contributed by atoms with Crippen LogP contribution in [0.25, 0.3) is 0 Å². The van der Waals surface area contributed by atoms with Crippen LogP contribution >= 0.6 is 11.3 Å². The number of carbonyl (C=O) groups excluding carboxylic acids is 1. The second-order valence-corrected chi connectivity index (χ2v) is 5.62. The highest BCUT2D eigenvalue weighted by Gasteiger charge is 2.07. The van der Waals surface area contributed by atoms with Gasteiger partial charge in [-0.1, -0.05) is 17.7 Å². The number of hydrogen-bond donors (Lipinski definition) is 2. The van der Waals surface area contributed by atoms with Crippen molar-refractivity contribution in [2.45, 2.75) is 19.9 Å². The first kappa shape index (κ1) is 14.7. The van der Waals surface area contributed by atoms with E-state index in [4.69, 9.17) is 0 Å². The zero-order valence-electron chi connectivity index (χ0n) is 11.7. The van der Waals surface area contributed by atoms with Gasteiger partial charge in [-0.05, 0) is 26.0 Å². The van der Waals surface area contributed by atoms with E-state index < -0.39 is 0 Å². The molecule has 0 radical (unpaired) electrons. The van der Waals surface area contributed by atoms with E-state index in [1.807, 2.05) is 42.9 Å². The SMILES string of the molecule is Cc1ccc(C(=O)NCCNC(C)c2cncs2)cc1. The Labute approximate surface area is 123 Å². The molecule has 0 fully saturated rings. The molecule has 20 heavy (non-hydrogen) atoms. The van der Waals surface area contributed by atoms with E-state index in [1.165, 1.54) is 4.88 Å². The fraction of sp³-hybridized carbons (Fsp3) is 0.333. The highest BCUT2D eigenvalue weighted by molar-refractivity contribution is 7.09. The lowest BCUT2D eigenvalue weighted by molar-refractivity contribution is 0.0953. The summed E-state index contributed by atoms with van der Waals surface area (Å²) in [5.74, 6) is -0.0303. The average molecular weight is 289 g/mol. The van der Waals surface area contributed by atoms with Crippen molar-refractivity contribution in [1.29, 1.82) is 0 Å². The molecule has 0 aliphatic heterocycles. The molecule has 2 rings (SSSR count). The van der Waals surface area contributed by atoms with Crippen molar-refractivity contribution in [3.63, 3.8) is 0 Å². The Kier molecular flexibility index (Phi) is 5.26. The molecule has 1 atom stereocenters. The van der Waals surface area contributed by atoms with Crippen molar-refractivity contribution >= 4 is 17.2 Å². The van der Waals surface area contributed by atoms with Crippen molar-refractivity contribution in [2.24, 2.45) is 0 Å². The predicted molar refractivity (Wildman–Crippen MR) is 82.0 cm³/mol. The van der Waals surface area contributed by atoms with Gasteiger partial charge in [0.05, 0.1) is 5.51 Å². The zero-order valence-corrected chi connectivity index (χ0v) is 12.5. The summed E-state index contributed by atoms with van der Waals surface area (Å²) in [5.41, 5.74) is 3.68. The van der Waals surface area contributed by atoms with Crippen LogP contribution in [0.15, 0.2) is 36.0 Å². The first-order valence-electron chi connectivity index (χ1n) is 6.63. The van der Waals surface area contributed by atoms with Crippen LogP contribution in [0.5, 0.6) is 0 Å². The Morgan fingerprint density at radius 2 is 2.05 bits per heavy atom. The Balaban J connectivity index is 1.70. The van der Waals surface area contributed by atoms with E-state index in [1.54, 1.807) is 11.3 Å². The zero-order chi connectivity index (χ0) is 14.4. The predicted octanol–water partition coefficient (Wildman–Crippen LogP) is 2.53. The van der Waals surface area contributed by atoms with Crippen molar-refractivity contribution < 1.29 is 4.79 Å². The van der Waals surface area contributed by atoms with Crippen molar-refractivity contribution in [2.75, 3.05) is 13.1 Å². The molecule has 0 saturated heterocycles. The minimum absolute atomic E-state index is 0.0303. The van der Waals surface area contributed by atoms with Gasteiger partial charge in [-0.3, -0.25) is 9.78 Å². The molecule has 2 aromatic rings. The van der Waals surface area contributed by atoms with Gasteiger partial charge in [0.25, 0.3) is 5.91 Å². The number of thiazole rings is 1. The number of aryl methyl sites for hydroxylation is 1. The average Bonchev–Trinajstić information content (AvgIpc) is 2.98. The van der Waals surface area contributed by atoms with E-state index in [9.17, 15) is 4.79 Å². The van der Waals surface area contributed by atoms with E-state index in [-0.39, 0.29) is 11.9 Å². The second kappa shape index (κ2) is 7.17. The topological polar surface area (TPSA) is 54.0 Å². The lowest BCUT2D eigenvalue weighted by atomic mass is 10.1. The second-order valence-electron chi connectivity index (χ2n) is 4.70. The largest absolute Gasteiger partial charge is 0.351 e. The van der Waals surface area contributed by atoms with Crippen LogP contribution in [0.2, 0.25) is 0 Å². The molecule has 0 bridgehead atoms. The van der Waals surface area contributed by atoms with Crippen molar-refractivity contribution in [3.05, 3.63) is 52.0 Å². The lowest BCUT2D eigenvalue weighted by Crippen LogP contribution is -2.32.